The molecule has 0 aliphatic heterocycles. The zero-order valence-corrected chi connectivity index (χ0v) is 47.0. The topological polar surface area (TPSA) is 155 Å². The van der Waals surface area contributed by atoms with Gasteiger partial charge in [0.05, 0.1) is 19.8 Å². The zero-order chi connectivity index (χ0) is 52.7. The minimum Gasteiger partial charge on any atom is -0.462 e. The van der Waals surface area contributed by atoms with Crippen molar-refractivity contribution in [1.29, 1.82) is 0 Å². The van der Waals surface area contributed by atoms with Crippen molar-refractivity contribution in [2.75, 3.05) is 26.4 Å². The van der Waals surface area contributed by atoms with Crippen molar-refractivity contribution in [1.82, 2.24) is 0 Å². The molecule has 12 heteroatoms. The second-order valence-corrected chi connectivity index (χ2v) is 20.9. The first-order chi connectivity index (χ1) is 35.2. The molecular weight excluding hydrogens is 928 g/mol. The fourth-order valence-corrected chi connectivity index (χ4v) is 8.77. The molecule has 0 saturated carbocycles. The molecule has 0 aromatic rings. The lowest BCUT2D eigenvalue weighted by Crippen LogP contribution is -2.30. The summed E-state index contributed by atoms with van der Waals surface area (Å²) in [5.41, 5.74) is 0. The predicted molar refractivity (Wildman–Crippen MR) is 298 cm³/mol. The number of aliphatic hydroxyl groups excluding tert-OH is 1. The molecule has 0 heterocycles. The first-order valence-electron chi connectivity index (χ1n) is 29.2. The third-order valence-corrected chi connectivity index (χ3v) is 13.4. The molecule has 0 aliphatic carbocycles. The maximum atomic E-state index is 12.9. The molecule has 0 aromatic heterocycles. The molecule has 72 heavy (non-hydrogen) atoms. The monoisotopic (exact) mass is 1030 g/mol. The van der Waals surface area contributed by atoms with E-state index < -0.39 is 57.8 Å². The van der Waals surface area contributed by atoms with Crippen LogP contribution in [-0.4, -0.2) is 66.5 Å². The molecule has 0 aromatic carbocycles. The summed E-state index contributed by atoms with van der Waals surface area (Å²) >= 11 is 0. The zero-order valence-electron chi connectivity index (χ0n) is 46.1. The number of carbonyl (C=O) groups excluding carboxylic acids is 3. The van der Waals surface area contributed by atoms with Gasteiger partial charge in [0.25, 0.3) is 0 Å². The van der Waals surface area contributed by atoms with Crippen molar-refractivity contribution >= 4 is 25.7 Å². The summed E-state index contributed by atoms with van der Waals surface area (Å²) in [6, 6.07) is 0. The van der Waals surface area contributed by atoms with Crippen LogP contribution >= 0.6 is 7.82 Å². The van der Waals surface area contributed by atoms with Crippen LogP contribution in [0.3, 0.4) is 0 Å². The Morgan fingerprint density at radius 2 is 0.722 bits per heavy atom. The van der Waals surface area contributed by atoms with E-state index in [0.717, 1.165) is 122 Å². The first kappa shape index (κ1) is 69.2. The molecule has 0 spiro atoms. The minimum atomic E-state index is -4.75. The van der Waals surface area contributed by atoms with Gasteiger partial charge in [-0.1, -0.05) is 223 Å². The molecule has 0 radical (unpaired) electrons. The number of carbonyl (C=O) groups is 3. The summed E-state index contributed by atoms with van der Waals surface area (Å²) in [4.78, 5) is 48.5. The highest BCUT2D eigenvalue weighted by Crippen LogP contribution is 2.43. The van der Waals surface area contributed by atoms with Crippen molar-refractivity contribution in [3.8, 4) is 0 Å². The molecule has 0 saturated heterocycles. The molecule has 11 nitrogen and oxygen atoms in total. The number of hydrogen-bond donors (Lipinski definition) is 2. The summed E-state index contributed by atoms with van der Waals surface area (Å²) in [6.07, 6.45) is 58.9. The van der Waals surface area contributed by atoms with Gasteiger partial charge in [0.2, 0.25) is 0 Å². The van der Waals surface area contributed by atoms with E-state index in [2.05, 4.69) is 81.5 Å². The number of unbranched alkanes of at least 4 members (excludes halogenated alkanes) is 27. The van der Waals surface area contributed by atoms with Crippen molar-refractivity contribution in [3.63, 3.8) is 0 Å². The van der Waals surface area contributed by atoms with Crippen LogP contribution in [0.15, 0.2) is 60.8 Å². The van der Waals surface area contributed by atoms with Crippen LogP contribution < -0.4 is 0 Å². The van der Waals surface area contributed by atoms with Gasteiger partial charge < -0.3 is 24.2 Å². The van der Waals surface area contributed by atoms with E-state index in [1.54, 1.807) is 0 Å². The average molecular weight is 1040 g/mol. The number of rotatable bonds is 54. The number of phosphoric acid groups is 1. The van der Waals surface area contributed by atoms with E-state index in [-0.39, 0.29) is 25.9 Å². The maximum Gasteiger partial charge on any atom is 0.472 e. The van der Waals surface area contributed by atoms with Gasteiger partial charge in [0.1, 0.15) is 12.7 Å². The van der Waals surface area contributed by atoms with Crippen LogP contribution in [0.2, 0.25) is 0 Å². The summed E-state index contributed by atoms with van der Waals surface area (Å²) in [5.74, 6) is -1.48. The Kier molecular flexibility index (Phi) is 52.3. The third-order valence-electron chi connectivity index (χ3n) is 12.4. The normalized spacial score (nSPS) is 13.8. The molecule has 0 bridgehead atoms. The highest BCUT2D eigenvalue weighted by molar-refractivity contribution is 7.47. The second kappa shape index (κ2) is 54.4. The number of aliphatic hydroxyl groups is 1. The highest BCUT2D eigenvalue weighted by Gasteiger charge is 2.28. The highest BCUT2D eigenvalue weighted by atomic mass is 31.2. The molecule has 3 atom stereocenters. The van der Waals surface area contributed by atoms with Crippen LogP contribution in [0, 0.1) is 0 Å². The van der Waals surface area contributed by atoms with Crippen molar-refractivity contribution < 1.29 is 52.2 Å². The van der Waals surface area contributed by atoms with E-state index in [1.807, 2.05) is 0 Å². The Morgan fingerprint density at radius 3 is 1.14 bits per heavy atom. The quantitative estimate of drug-likeness (QED) is 0.0197. The third kappa shape index (κ3) is 52.1. The van der Waals surface area contributed by atoms with Gasteiger partial charge in [-0.05, 0) is 83.5 Å². The minimum absolute atomic E-state index is 0.150. The summed E-state index contributed by atoms with van der Waals surface area (Å²) in [5, 5.41) is 9.81. The maximum absolute atomic E-state index is 12.9. The Balaban J connectivity index is 4.74. The van der Waals surface area contributed by atoms with Crippen molar-refractivity contribution in [3.05, 3.63) is 60.8 Å². The number of hydrogen-bond acceptors (Lipinski definition) is 10. The lowest BCUT2D eigenvalue weighted by atomic mass is 10.0. The molecule has 0 fully saturated rings. The van der Waals surface area contributed by atoms with Gasteiger partial charge in [-0.2, -0.15) is 0 Å². The van der Waals surface area contributed by atoms with Gasteiger partial charge in [-0.15, -0.1) is 0 Å². The number of esters is 3. The largest absolute Gasteiger partial charge is 0.472 e. The van der Waals surface area contributed by atoms with Gasteiger partial charge in [0.15, 0.2) is 6.10 Å². The molecule has 0 aliphatic rings. The first-order valence-corrected chi connectivity index (χ1v) is 30.7. The Hall–Kier alpha value is -2.82. The molecule has 0 amide bonds. The lowest BCUT2D eigenvalue weighted by molar-refractivity contribution is -0.161. The summed E-state index contributed by atoms with van der Waals surface area (Å²) in [7, 11) is -4.75. The van der Waals surface area contributed by atoms with Gasteiger partial charge >= 0.3 is 25.7 Å². The van der Waals surface area contributed by atoms with Crippen LogP contribution in [0.5, 0.6) is 0 Å². The molecule has 2 N–H and O–H groups in total. The molecule has 0 rings (SSSR count). The van der Waals surface area contributed by atoms with E-state index in [4.69, 9.17) is 23.3 Å². The predicted octanol–water partition coefficient (Wildman–Crippen LogP) is 17.1. The van der Waals surface area contributed by atoms with Gasteiger partial charge in [0, 0.05) is 19.3 Å². The molecular formula is C60H107O11P. The van der Waals surface area contributed by atoms with Gasteiger partial charge in [-0.3, -0.25) is 23.4 Å². The van der Waals surface area contributed by atoms with E-state index in [1.165, 1.54) is 83.5 Å². The van der Waals surface area contributed by atoms with E-state index in [9.17, 15) is 28.9 Å². The number of allylic oxidation sites excluding steroid dienone is 10. The average Bonchev–Trinajstić information content (AvgIpc) is 3.37. The summed E-state index contributed by atoms with van der Waals surface area (Å²) < 4.78 is 39.5. The Labute approximate surface area is 440 Å². The standard InChI is InChI=1S/C60H107O11P/c1-4-7-10-13-16-19-22-25-26-27-28-29-30-33-36-39-42-45-48-51-60(64)71-57(53-67-58(62)49-46-43-40-37-34-31-23-20-17-14-11-8-5-2)55-69-72(65,66)68-54-56(52-61)70-59(63)50-47-44-41-38-35-32-24-21-18-15-12-9-6-3/h7,10,16,19-20,23,25-26,28-29,56-57,61H,4-6,8-9,11-15,17-18,21-22,24,27,30-55H2,1-3H3,(H,65,66)/b10-7-,19-16-,23-20-,26-25-,29-28-. The van der Waals surface area contributed by atoms with Crippen molar-refractivity contribution in [2.45, 2.75) is 277 Å². The Morgan fingerprint density at radius 1 is 0.403 bits per heavy atom. The van der Waals surface area contributed by atoms with E-state index in [0.29, 0.717) is 19.3 Å². The van der Waals surface area contributed by atoms with Crippen LogP contribution in [0.25, 0.3) is 0 Å². The smallest absolute Gasteiger partial charge is 0.462 e. The van der Waals surface area contributed by atoms with Crippen LogP contribution in [0.1, 0.15) is 265 Å². The van der Waals surface area contributed by atoms with Gasteiger partial charge in [-0.25, -0.2) is 4.57 Å². The SMILES string of the molecule is CC/C=C\C/C=C\C/C=C\C/C=C\CCCCCCCCC(=O)OC(COC(=O)CCCCCCC/C=C\CCCCCC)COP(=O)(O)OCC(CO)OC(=O)CCCCCCCCCCCCCCC. The second-order valence-electron chi connectivity index (χ2n) is 19.4. The lowest BCUT2D eigenvalue weighted by Gasteiger charge is -2.21. The Bertz CT molecular complexity index is 1440. The van der Waals surface area contributed by atoms with E-state index >= 15 is 0 Å². The fraction of sp³-hybridized carbons (Fsp3) is 0.783. The van der Waals surface area contributed by atoms with Crippen molar-refractivity contribution in [2.24, 2.45) is 0 Å². The number of phosphoric ester groups is 1. The molecule has 3 unspecified atom stereocenters. The fourth-order valence-electron chi connectivity index (χ4n) is 7.99. The summed E-state index contributed by atoms with van der Waals surface area (Å²) in [6.45, 7) is 4.51. The van der Waals surface area contributed by atoms with Crippen LogP contribution in [-0.2, 0) is 42.2 Å². The van der Waals surface area contributed by atoms with Crippen LogP contribution in [0.4, 0.5) is 0 Å². The number of ether oxygens (including phenoxy) is 3. The molecule has 418 valence electrons.